The minimum absolute atomic E-state index is 0.0217. The highest BCUT2D eigenvalue weighted by Gasteiger charge is 2.28. The predicted octanol–water partition coefficient (Wildman–Crippen LogP) is 1.71. The molecule has 0 amide bonds. The summed E-state index contributed by atoms with van der Waals surface area (Å²) in [5.74, 6) is 1.46. The maximum absolute atomic E-state index is 11.0. The molecule has 1 aromatic heterocycles. The van der Waals surface area contributed by atoms with Crippen LogP contribution in [0.3, 0.4) is 0 Å². The minimum Gasteiger partial charge on any atom is -0.595 e. The fourth-order valence-electron chi connectivity index (χ4n) is 2.58. The number of rotatable bonds is 4. The van der Waals surface area contributed by atoms with Crippen molar-refractivity contribution in [2.24, 2.45) is 0 Å². The van der Waals surface area contributed by atoms with E-state index in [1.807, 2.05) is 28.9 Å². The first-order chi connectivity index (χ1) is 12.2. The summed E-state index contributed by atoms with van der Waals surface area (Å²) in [7, 11) is 1.64. The van der Waals surface area contributed by atoms with Crippen molar-refractivity contribution < 1.29 is 15.2 Å². The maximum Gasteiger partial charge on any atom is 0.212 e. The number of nitrogens with zero attached hydrogens (tertiary/aromatic N) is 3. The van der Waals surface area contributed by atoms with Gasteiger partial charge in [-0.05, 0) is 29.8 Å². The average molecular weight is 357 g/mol. The second-order valence-electron chi connectivity index (χ2n) is 5.42. The van der Waals surface area contributed by atoms with Gasteiger partial charge < -0.3 is 15.4 Å². The van der Waals surface area contributed by atoms with Gasteiger partial charge in [0.1, 0.15) is 11.1 Å². The molecule has 3 aromatic rings. The first-order valence-electron chi connectivity index (χ1n) is 7.52. The summed E-state index contributed by atoms with van der Waals surface area (Å²) >= 11 is 1.57. The van der Waals surface area contributed by atoms with E-state index >= 15 is 0 Å². The third-order valence-electron chi connectivity index (χ3n) is 3.91. The van der Waals surface area contributed by atoms with Crippen LogP contribution in [0.2, 0.25) is 0 Å². The van der Waals surface area contributed by atoms with E-state index in [0.717, 1.165) is 22.0 Å². The summed E-state index contributed by atoms with van der Waals surface area (Å²) < 4.78 is 7.01. The third-order valence-corrected chi connectivity index (χ3v) is 5.00. The van der Waals surface area contributed by atoms with Crippen LogP contribution in [0, 0.1) is 5.21 Å². The second kappa shape index (κ2) is 6.37. The fraction of sp³-hybridized carbons (Fsp3) is 0.125. The van der Waals surface area contributed by atoms with Crippen molar-refractivity contribution in [3.05, 3.63) is 59.3 Å². The van der Waals surface area contributed by atoms with E-state index in [-0.39, 0.29) is 11.1 Å². The van der Waals surface area contributed by atoms with E-state index in [1.165, 1.54) is 0 Å². The number of aromatic nitrogens is 3. The summed E-state index contributed by atoms with van der Waals surface area (Å²) in [5, 5.41) is 28.2. The summed E-state index contributed by atoms with van der Waals surface area (Å²) in [4.78, 5) is 0. The molecule has 0 bridgehead atoms. The molecule has 0 aliphatic carbocycles. The molecule has 0 radical (unpaired) electrons. The highest BCUT2D eigenvalue weighted by Crippen LogP contribution is 2.40. The molecule has 0 spiro atoms. The van der Waals surface area contributed by atoms with E-state index in [9.17, 15) is 5.21 Å². The van der Waals surface area contributed by atoms with E-state index in [1.54, 1.807) is 43.1 Å². The van der Waals surface area contributed by atoms with Crippen LogP contribution in [-0.4, -0.2) is 27.2 Å². The quantitative estimate of drug-likeness (QED) is 0.611. The third kappa shape index (κ3) is 2.94. The number of ether oxygens (including phenoxy) is 1. The molecule has 0 fully saturated rings. The average Bonchev–Trinajstić information content (AvgIpc) is 3.22. The Morgan fingerprint density at radius 2 is 1.88 bits per heavy atom. The first kappa shape index (κ1) is 15.9. The Balaban J connectivity index is 1.58. The monoisotopic (exact) mass is 357 g/mol. The Bertz CT molecular complexity index is 880. The molecule has 4 rings (SSSR count). The summed E-state index contributed by atoms with van der Waals surface area (Å²) in [5.41, 5.74) is 5.51. The molecule has 3 N–H and O–H groups in total. The van der Waals surface area contributed by atoms with Gasteiger partial charge in [-0.2, -0.15) is 5.23 Å². The number of hydrogen-bond acceptors (Lipinski definition) is 7. The minimum atomic E-state index is -0.953. The number of thioether (sulfide) groups is 1. The Hall–Kier alpha value is -2.59. The molecule has 2 heterocycles. The zero-order valence-corrected chi connectivity index (χ0v) is 14.0. The van der Waals surface area contributed by atoms with Crippen LogP contribution < -0.4 is 15.4 Å². The number of quaternary nitrogens is 1. The van der Waals surface area contributed by atoms with Gasteiger partial charge in [0.05, 0.1) is 7.11 Å². The summed E-state index contributed by atoms with van der Waals surface area (Å²) in [6, 6.07) is 14.4. The summed E-state index contributed by atoms with van der Waals surface area (Å²) in [6.45, 7) is 0. The van der Waals surface area contributed by atoms with Crippen molar-refractivity contribution in [3.63, 3.8) is 0 Å². The van der Waals surface area contributed by atoms with E-state index < -0.39 is 5.23 Å². The van der Waals surface area contributed by atoms with Crippen molar-refractivity contribution >= 4 is 17.4 Å². The van der Waals surface area contributed by atoms with E-state index in [0.29, 0.717) is 5.82 Å². The highest BCUT2D eigenvalue weighted by atomic mass is 32.2. The lowest BCUT2D eigenvalue weighted by molar-refractivity contribution is -0.991. The van der Waals surface area contributed by atoms with Crippen molar-refractivity contribution in [2.75, 3.05) is 12.5 Å². The molecule has 25 heavy (non-hydrogen) atoms. The van der Waals surface area contributed by atoms with Crippen LogP contribution in [0.4, 0.5) is 5.69 Å². The lowest BCUT2D eigenvalue weighted by atomic mass is 10.2. The molecule has 2 unspecified atom stereocenters. The Labute approximate surface area is 147 Å². The number of fused-ring (bicyclic) bond motifs is 1. The number of hydrogen-bond donors (Lipinski definition) is 3. The van der Waals surface area contributed by atoms with Gasteiger partial charge in [0, 0.05) is 17.7 Å². The van der Waals surface area contributed by atoms with Crippen LogP contribution in [0.5, 0.6) is 5.75 Å². The highest BCUT2D eigenvalue weighted by molar-refractivity contribution is 7.99. The molecular weight excluding hydrogens is 342 g/mol. The van der Waals surface area contributed by atoms with Gasteiger partial charge in [-0.3, -0.25) is 0 Å². The van der Waals surface area contributed by atoms with Crippen molar-refractivity contribution in [2.45, 2.75) is 10.5 Å². The molecular formula is C16H15N5O3S. The maximum atomic E-state index is 11.0. The first-order valence-corrected chi connectivity index (χ1v) is 8.40. The van der Waals surface area contributed by atoms with Gasteiger partial charge in [-0.15, -0.1) is 10.2 Å². The van der Waals surface area contributed by atoms with Crippen LogP contribution in [0.1, 0.15) is 10.9 Å². The van der Waals surface area contributed by atoms with Crippen LogP contribution in [0.25, 0.3) is 11.4 Å². The SMILES string of the molecule is COc1ccc(C2Nn3c(nnc3-c3ccc([NH+]([O-])O)cc3)S2)cc1. The number of nitrogens with one attached hydrogen (secondary N) is 2. The molecule has 1 aliphatic heterocycles. The molecule has 9 heteroatoms. The van der Waals surface area contributed by atoms with Gasteiger partial charge >= 0.3 is 0 Å². The normalized spacial score (nSPS) is 17.0. The van der Waals surface area contributed by atoms with Crippen molar-refractivity contribution in [3.8, 4) is 17.1 Å². The Kier molecular flexibility index (Phi) is 4.06. The second-order valence-corrected chi connectivity index (χ2v) is 6.50. The lowest BCUT2D eigenvalue weighted by Crippen LogP contribution is -2.99. The molecule has 1 aliphatic rings. The Morgan fingerprint density at radius 3 is 2.52 bits per heavy atom. The standard InChI is InChI=1S/C16H15N5O3S/c1-24-13-8-4-11(5-9-13)15-19-20-14(17-18-16(20)25-15)10-2-6-12(7-3-10)21(22)23/h2-9,15,19,21-22H,1H3. The van der Waals surface area contributed by atoms with Crippen LogP contribution in [0.15, 0.2) is 53.7 Å². The van der Waals surface area contributed by atoms with Gasteiger partial charge in [0.25, 0.3) is 0 Å². The largest absolute Gasteiger partial charge is 0.595 e. The molecule has 0 saturated carbocycles. The molecule has 2 aromatic carbocycles. The number of benzene rings is 2. The fourth-order valence-corrected chi connectivity index (χ4v) is 3.58. The lowest BCUT2D eigenvalue weighted by Gasteiger charge is -2.13. The molecule has 0 saturated heterocycles. The number of methoxy groups -OCH3 is 1. The van der Waals surface area contributed by atoms with Crippen LogP contribution >= 0.6 is 11.8 Å². The van der Waals surface area contributed by atoms with Crippen molar-refractivity contribution in [1.82, 2.24) is 14.9 Å². The van der Waals surface area contributed by atoms with Gasteiger partial charge in [-0.1, -0.05) is 23.9 Å². The smallest absolute Gasteiger partial charge is 0.212 e. The van der Waals surface area contributed by atoms with Gasteiger partial charge in [0.2, 0.25) is 5.16 Å². The Morgan fingerprint density at radius 1 is 1.16 bits per heavy atom. The topological polar surface area (TPSA) is 99.7 Å². The van der Waals surface area contributed by atoms with Gasteiger partial charge in [-0.25, -0.2) is 9.88 Å². The molecule has 2 atom stereocenters. The van der Waals surface area contributed by atoms with Gasteiger partial charge in [0.15, 0.2) is 11.5 Å². The van der Waals surface area contributed by atoms with E-state index in [2.05, 4.69) is 15.6 Å². The zero-order valence-electron chi connectivity index (χ0n) is 13.2. The van der Waals surface area contributed by atoms with Crippen molar-refractivity contribution in [1.29, 1.82) is 0 Å². The van der Waals surface area contributed by atoms with E-state index in [4.69, 9.17) is 9.94 Å². The van der Waals surface area contributed by atoms with Crippen LogP contribution in [-0.2, 0) is 0 Å². The molecule has 128 valence electrons. The zero-order chi connectivity index (χ0) is 17.4. The predicted molar refractivity (Wildman–Crippen MR) is 92.2 cm³/mol. The molecule has 8 nitrogen and oxygen atoms in total. The summed E-state index contributed by atoms with van der Waals surface area (Å²) in [6.07, 6.45) is 0.